The van der Waals surface area contributed by atoms with Crippen LogP contribution in [0.2, 0.25) is 0 Å². The fourth-order valence-electron chi connectivity index (χ4n) is 4.31. The second-order valence-electron chi connectivity index (χ2n) is 8.85. The minimum absolute atomic E-state index is 0.435. The van der Waals surface area contributed by atoms with Gasteiger partial charge in [-0.05, 0) is 48.5 Å². The number of hydrogen-bond donors (Lipinski definition) is 0. The van der Waals surface area contributed by atoms with Gasteiger partial charge < -0.3 is 8.83 Å². The highest BCUT2D eigenvalue weighted by atomic mass is 16.4. The Balaban J connectivity index is 1.55. The predicted molar refractivity (Wildman–Crippen MR) is 153 cm³/mol. The monoisotopic (exact) mass is 514 g/mol. The Morgan fingerprint density at radius 2 is 0.850 bits per heavy atom. The standard InChI is InChI=1S/C34H18N4O2/c1-3-7-23(8-4-1)11-13-27-29-32(40-33(37-29)25-15-19-35-20-16-25)28(14-12-24-9-5-2-6-10-24)30-31(27)39-34(38-30)26-17-21-36-22-18-26/h1-10,15-22H. The van der Waals surface area contributed by atoms with E-state index in [1.54, 1.807) is 24.8 Å². The molecular formula is C34H18N4O2. The fourth-order valence-corrected chi connectivity index (χ4v) is 4.31. The molecule has 0 aliphatic heterocycles. The topological polar surface area (TPSA) is 77.8 Å². The van der Waals surface area contributed by atoms with Gasteiger partial charge in [0.15, 0.2) is 11.2 Å². The number of fused-ring (bicyclic) bond motifs is 2. The molecule has 3 aromatic carbocycles. The Kier molecular flexibility index (Phi) is 5.82. The van der Waals surface area contributed by atoms with Crippen molar-refractivity contribution in [3.05, 3.63) is 132 Å². The van der Waals surface area contributed by atoms with Crippen molar-refractivity contribution in [3.63, 3.8) is 0 Å². The second-order valence-corrected chi connectivity index (χ2v) is 8.85. The smallest absolute Gasteiger partial charge is 0.227 e. The average molecular weight is 515 g/mol. The van der Waals surface area contributed by atoms with Crippen LogP contribution in [0, 0.1) is 23.7 Å². The van der Waals surface area contributed by atoms with Crippen LogP contribution in [0.4, 0.5) is 0 Å². The van der Waals surface area contributed by atoms with Crippen molar-refractivity contribution in [3.8, 4) is 46.6 Å². The number of oxazole rings is 2. The van der Waals surface area contributed by atoms with Gasteiger partial charge in [-0.15, -0.1) is 0 Å². The Morgan fingerprint density at radius 1 is 0.450 bits per heavy atom. The maximum Gasteiger partial charge on any atom is 0.227 e. The van der Waals surface area contributed by atoms with Crippen LogP contribution in [0.25, 0.3) is 45.1 Å². The lowest BCUT2D eigenvalue weighted by atomic mass is 10.1. The first-order chi connectivity index (χ1) is 19.8. The Labute approximate surface area is 229 Å². The highest BCUT2D eigenvalue weighted by molar-refractivity contribution is 6.04. The zero-order valence-electron chi connectivity index (χ0n) is 21.0. The van der Waals surface area contributed by atoms with E-state index in [4.69, 9.17) is 18.8 Å². The van der Waals surface area contributed by atoms with Crippen LogP contribution < -0.4 is 0 Å². The fraction of sp³-hybridized carbons (Fsp3) is 0. The molecule has 4 aromatic heterocycles. The molecule has 186 valence electrons. The van der Waals surface area contributed by atoms with E-state index >= 15 is 0 Å². The minimum atomic E-state index is 0.435. The van der Waals surface area contributed by atoms with Crippen molar-refractivity contribution >= 4 is 22.2 Å². The quantitative estimate of drug-likeness (QED) is 0.234. The Morgan fingerprint density at radius 3 is 1.25 bits per heavy atom. The number of nitrogens with zero attached hydrogens (tertiary/aromatic N) is 4. The first-order valence-electron chi connectivity index (χ1n) is 12.6. The molecule has 40 heavy (non-hydrogen) atoms. The molecule has 0 aliphatic carbocycles. The molecule has 0 unspecified atom stereocenters. The largest absolute Gasteiger partial charge is 0.435 e. The highest BCUT2D eigenvalue weighted by Crippen LogP contribution is 2.37. The van der Waals surface area contributed by atoms with Crippen molar-refractivity contribution < 1.29 is 8.83 Å². The van der Waals surface area contributed by atoms with Gasteiger partial charge in [-0.3, -0.25) is 9.97 Å². The third kappa shape index (κ3) is 4.36. The van der Waals surface area contributed by atoms with E-state index in [9.17, 15) is 0 Å². The molecule has 7 rings (SSSR count). The van der Waals surface area contributed by atoms with E-state index in [-0.39, 0.29) is 0 Å². The van der Waals surface area contributed by atoms with Gasteiger partial charge in [0.2, 0.25) is 11.8 Å². The van der Waals surface area contributed by atoms with Crippen LogP contribution in [-0.2, 0) is 0 Å². The Hall–Kier alpha value is -5.98. The van der Waals surface area contributed by atoms with Gasteiger partial charge in [-0.1, -0.05) is 60.1 Å². The van der Waals surface area contributed by atoms with Gasteiger partial charge in [0.25, 0.3) is 0 Å². The van der Waals surface area contributed by atoms with E-state index in [2.05, 4.69) is 33.6 Å². The zero-order chi connectivity index (χ0) is 26.7. The summed E-state index contributed by atoms with van der Waals surface area (Å²) in [4.78, 5) is 18.0. The number of aromatic nitrogens is 4. The van der Waals surface area contributed by atoms with E-state index in [1.165, 1.54) is 0 Å². The summed E-state index contributed by atoms with van der Waals surface area (Å²) in [5.74, 6) is 14.0. The first kappa shape index (κ1) is 23.2. The molecule has 0 saturated heterocycles. The van der Waals surface area contributed by atoms with Crippen LogP contribution in [0.1, 0.15) is 22.3 Å². The van der Waals surface area contributed by atoms with Crippen molar-refractivity contribution in [2.45, 2.75) is 0 Å². The summed E-state index contributed by atoms with van der Waals surface area (Å²) in [6.45, 7) is 0. The van der Waals surface area contributed by atoms with Crippen molar-refractivity contribution in [2.75, 3.05) is 0 Å². The molecule has 6 nitrogen and oxygen atoms in total. The summed E-state index contributed by atoms with van der Waals surface area (Å²) in [5.41, 5.74) is 6.56. The maximum absolute atomic E-state index is 6.39. The van der Waals surface area contributed by atoms with E-state index < -0.39 is 0 Å². The van der Waals surface area contributed by atoms with Crippen LogP contribution in [0.15, 0.2) is 119 Å². The van der Waals surface area contributed by atoms with Gasteiger partial charge in [0.1, 0.15) is 11.0 Å². The van der Waals surface area contributed by atoms with Gasteiger partial charge in [0.05, 0.1) is 11.1 Å². The van der Waals surface area contributed by atoms with E-state index in [0.29, 0.717) is 45.1 Å². The number of pyridine rings is 2. The lowest BCUT2D eigenvalue weighted by molar-refractivity contribution is 0.616. The normalized spacial score (nSPS) is 10.6. The summed E-state index contributed by atoms with van der Waals surface area (Å²) >= 11 is 0. The number of benzene rings is 3. The molecule has 0 aliphatic rings. The lowest BCUT2D eigenvalue weighted by Gasteiger charge is -1.98. The van der Waals surface area contributed by atoms with E-state index in [0.717, 1.165) is 22.3 Å². The average Bonchev–Trinajstić information content (AvgIpc) is 3.67. The van der Waals surface area contributed by atoms with Gasteiger partial charge >= 0.3 is 0 Å². The van der Waals surface area contributed by atoms with Crippen LogP contribution in [-0.4, -0.2) is 19.9 Å². The molecule has 0 N–H and O–H groups in total. The molecule has 0 saturated carbocycles. The molecule has 0 fully saturated rings. The molecule has 4 heterocycles. The van der Waals surface area contributed by atoms with Crippen LogP contribution in [0.5, 0.6) is 0 Å². The minimum Gasteiger partial charge on any atom is -0.435 e. The van der Waals surface area contributed by atoms with Crippen molar-refractivity contribution in [1.82, 2.24) is 19.9 Å². The second kappa shape index (κ2) is 10.1. The molecule has 0 amide bonds. The molecule has 0 bridgehead atoms. The van der Waals surface area contributed by atoms with Crippen molar-refractivity contribution in [1.29, 1.82) is 0 Å². The van der Waals surface area contributed by atoms with Gasteiger partial charge in [0, 0.05) is 47.0 Å². The lowest BCUT2D eigenvalue weighted by Crippen LogP contribution is -1.88. The van der Waals surface area contributed by atoms with Crippen molar-refractivity contribution in [2.24, 2.45) is 0 Å². The SMILES string of the molecule is C(#Cc1c2nc(-c3ccncc3)oc2c(C#Cc2ccccc2)c2nc(-c3ccncc3)oc12)c1ccccc1. The summed E-state index contributed by atoms with van der Waals surface area (Å²) in [5, 5.41) is 0. The molecule has 7 aromatic rings. The number of rotatable bonds is 2. The van der Waals surface area contributed by atoms with Gasteiger partial charge in [-0.25, -0.2) is 9.97 Å². The summed E-state index contributed by atoms with van der Waals surface area (Å²) < 4.78 is 12.8. The molecule has 0 spiro atoms. The summed E-state index contributed by atoms with van der Waals surface area (Å²) in [6, 6.07) is 26.9. The Bertz CT molecular complexity index is 1890. The number of hydrogen-bond acceptors (Lipinski definition) is 6. The highest BCUT2D eigenvalue weighted by Gasteiger charge is 2.24. The van der Waals surface area contributed by atoms with Crippen LogP contribution in [0.3, 0.4) is 0 Å². The molecule has 0 radical (unpaired) electrons. The molecular weight excluding hydrogens is 496 g/mol. The predicted octanol–water partition coefficient (Wildman–Crippen LogP) is 6.89. The van der Waals surface area contributed by atoms with E-state index in [1.807, 2.05) is 84.9 Å². The first-order valence-corrected chi connectivity index (χ1v) is 12.6. The molecule has 6 heteroatoms. The van der Waals surface area contributed by atoms with Gasteiger partial charge in [-0.2, -0.15) is 0 Å². The summed E-state index contributed by atoms with van der Waals surface area (Å²) in [7, 11) is 0. The third-order valence-electron chi connectivity index (χ3n) is 6.25. The third-order valence-corrected chi connectivity index (χ3v) is 6.25. The maximum atomic E-state index is 6.39. The van der Waals surface area contributed by atoms with Crippen LogP contribution >= 0.6 is 0 Å². The zero-order valence-corrected chi connectivity index (χ0v) is 21.0. The summed E-state index contributed by atoms with van der Waals surface area (Å²) in [6.07, 6.45) is 6.80. The molecule has 0 atom stereocenters.